The minimum atomic E-state index is -0.147. The Hall–Kier alpha value is -0.340. The van der Waals surface area contributed by atoms with Crippen molar-refractivity contribution in [2.24, 2.45) is 56.7 Å². The third-order valence-electron chi connectivity index (χ3n) is 13.5. The van der Waals surface area contributed by atoms with Crippen molar-refractivity contribution in [3.63, 3.8) is 0 Å². The van der Waals surface area contributed by atoms with Crippen molar-refractivity contribution in [2.45, 2.75) is 112 Å². The molecule has 2 nitrogen and oxygen atoms in total. The molecule has 0 spiro atoms. The molecule has 0 aliphatic heterocycles. The maximum atomic E-state index is 10.9. The van der Waals surface area contributed by atoms with E-state index in [-0.39, 0.29) is 16.9 Å². The molecule has 0 bridgehead atoms. The Kier molecular flexibility index (Phi) is 5.19. The van der Waals surface area contributed by atoms with Gasteiger partial charge in [0.2, 0.25) is 0 Å². The molecule has 0 aromatic heterocycles. The Morgan fingerprint density at radius 2 is 1.53 bits per heavy atom. The summed E-state index contributed by atoms with van der Waals surface area (Å²) in [4.78, 5) is 0. The number of fused-ring (bicyclic) bond motifs is 7. The quantitative estimate of drug-likeness (QED) is 0.452. The second kappa shape index (κ2) is 7.09. The summed E-state index contributed by atoms with van der Waals surface area (Å²) in [5, 5.41) is 21.5. The minimum Gasteiger partial charge on any atom is -0.396 e. The van der Waals surface area contributed by atoms with E-state index in [1.165, 1.54) is 63.4 Å². The molecule has 5 saturated carbocycles. The molecule has 0 radical (unpaired) electrons. The van der Waals surface area contributed by atoms with Gasteiger partial charge >= 0.3 is 0 Å². The molecule has 0 unspecified atom stereocenters. The van der Waals surface area contributed by atoms with Crippen LogP contribution in [0.2, 0.25) is 0 Å². The van der Waals surface area contributed by atoms with Crippen molar-refractivity contribution >= 4 is 0 Å². The van der Waals surface area contributed by atoms with Gasteiger partial charge in [0.25, 0.3) is 0 Å². The van der Waals surface area contributed by atoms with Gasteiger partial charge in [-0.05, 0) is 128 Å². The lowest BCUT2D eigenvalue weighted by Crippen LogP contribution is -2.66. The van der Waals surface area contributed by atoms with E-state index in [9.17, 15) is 10.2 Å². The van der Waals surface area contributed by atoms with E-state index in [0.717, 1.165) is 18.3 Å². The minimum absolute atomic E-state index is 0.0290. The highest BCUT2D eigenvalue weighted by atomic mass is 16.3. The van der Waals surface area contributed by atoms with Gasteiger partial charge in [0.05, 0.1) is 6.10 Å². The molecule has 2 heteroatoms. The Bertz CT molecular complexity index is 786. The van der Waals surface area contributed by atoms with Crippen molar-refractivity contribution in [3.8, 4) is 0 Å². The van der Waals surface area contributed by atoms with Gasteiger partial charge in [-0.3, -0.25) is 0 Å². The molecule has 5 fully saturated rings. The van der Waals surface area contributed by atoms with Crippen LogP contribution in [0.4, 0.5) is 0 Å². The van der Waals surface area contributed by atoms with Gasteiger partial charge in [-0.15, -0.1) is 0 Å². The van der Waals surface area contributed by atoms with E-state index in [4.69, 9.17) is 0 Å². The fourth-order valence-electron chi connectivity index (χ4n) is 11.5. The SMILES string of the molecule is C=C(C)[C@@H]1CC[C@]2(CO)CC[C@]3(C)[C@H](CC[C@H]4[C@@]5(C)CC[C@H](O)C(C)(C)[C@H]5CC[C@]43C)[C@@H]12. The van der Waals surface area contributed by atoms with Crippen LogP contribution in [0.3, 0.4) is 0 Å². The maximum absolute atomic E-state index is 10.9. The molecule has 0 saturated heterocycles. The summed E-state index contributed by atoms with van der Waals surface area (Å²) in [6.07, 6.45) is 12.2. The third-order valence-corrected chi connectivity index (χ3v) is 13.5. The second-order valence-electron chi connectivity index (χ2n) is 14.6. The number of aliphatic hydroxyl groups excluding tert-OH is 2. The Morgan fingerprint density at radius 1 is 0.812 bits per heavy atom. The Balaban J connectivity index is 1.55. The molecule has 10 atom stereocenters. The molecule has 0 aromatic rings. The van der Waals surface area contributed by atoms with Crippen LogP contribution in [0.5, 0.6) is 0 Å². The molecular formula is C30H50O2. The van der Waals surface area contributed by atoms with E-state index in [1.807, 2.05) is 0 Å². The fraction of sp³-hybridized carbons (Fsp3) is 0.933. The molecule has 5 rings (SSSR count). The number of hydrogen-bond donors (Lipinski definition) is 2. The number of aliphatic hydroxyl groups is 2. The zero-order valence-electron chi connectivity index (χ0n) is 21.8. The summed E-state index contributed by atoms with van der Waals surface area (Å²) in [6.45, 7) is 19.7. The van der Waals surface area contributed by atoms with E-state index in [2.05, 4.69) is 48.1 Å². The van der Waals surface area contributed by atoms with Crippen LogP contribution in [0.15, 0.2) is 12.2 Å². The van der Waals surface area contributed by atoms with Crippen LogP contribution in [-0.4, -0.2) is 22.9 Å². The average Bonchev–Trinajstić information content (AvgIpc) is 3.12. The van der Waals surface area contributed by atoms with Crippen molar-refractivity contribution in [1.82, 2.24) is 0 Å². The predicted molar refractivity (Wildman–Crippen MR) is 132 cm³/mol. The normalized spacial score (nSPS) is 56.5. The summed E-state index contributed by atoms with van der Waals surface area (Å²) in [7, 11) is 0. The van der Waals surface area contributed by atoms with Crippen LogP contribution in [0, 0.1) is 56.7 Å². The molecule has 5 aliphatic carbocycles. The molecule has 0 aromatic carbocycles. The predicted octanol–water partition coefficient (Wildman–Crippen LogP) is 7.00. The van der Waals surface area contributed by atoms with E-state index in [1.54, 1.807) is 0 Å². The fourth-order valence-corrected chi connectivity index (χ4v) is 11.5. The number of allylic oxidation sites excluding steroid dienone is 1. The number of rotatable bonds is 2. The standard InChI is InChI=1S/C30H50O2/c1-19(2)20-10-15-30(18-31)17-16-28(6)21(25(20)30)8-9-23-27(5)13-12-24(32)26(3,4)22(27)11-14-29(23,28)7/h20-25,31-32H,1,8-18H2,2-7H3/t20-,21+,22+,23-,24-,25+,27-,28+,29+,30+/m0/s1. The topological polar surface area (TPSA) is 40.5 Å². The average molecular weight is 443 g/mol. The highest BCUT2D eigenvalue weighted by Gasteiger charge is 2.70. The van der Waals surface area contributed by atoms with Crippen LogP contribution in [0.25, 0.3) is 0 Å². The summed E-state index contributed by atoms with van der Waals surface area (Å²) < 4.78 is 0. The molecule has 0 amide bonds. The lowest BCUT2D eigenvalue weighted by Gasteiger charge is -2.73. The van der Waals surface area contributed by atoms with Gasteiger partial charge in [0, 0.05) is 6.61 Å². The second-order valence-corrected chi connectivity index (χ2v) is 14.6. The lowest BCUT2D eigenvalue weighted by atomic mass is 9.32. The van der Waals surface area contributed by atoms with Gasteiger partial charge in [-0.1, -0.05) is 46.8 Å². The van der Waals surface area contributed by atoms with Crippen LogP contribution in [0.1, 0.15) is 106 Å². The molecular weight excluding hydrogens is 392 g/mol. The molecule has 2 N–H and O–H groups in total. The van der Waals surface area contributed by atoms with Crippen molar-refractivity contribution in [1.29, 1.82) is 0 Å². The van der Waals surface area contributed by atoms with Crippen LogP contribution in [-0.2, 0) is 0 Å². The largest absolute Gasteiger partial charge is 0.396 e. The number of hydrogen-bond acceptors (Lipinski definition) is 2. The van der Waals surface area contributed by atoms with E-state index < -0.39 is 0 Å². The van der Waals surface area contributed by atoms with Gasteiger partial charge in [-0.2, -0.15) is 0 Å². The summed E-state index contributed by atoms with van der Waals surface area (Å²) in [5.41, 5.74) is 2.60. The first kappa shape index (κ1) is 23.4. The lowest BCUT2D eigenvalue weighted by molar-refractivity contribution is -0.249. The zero-order chi connectivity index (χ0) is 23.3. The molecule has 5 aliphatic rings. The Labute approximate surface area is 197 Å². The van der Waals surface area contributed by atoms with Crippen LogP contribution >= 0.6 is 0 Å². The highest BCUT2D eigenvalue weighted by molar-refractivity contribution is 5.21. The van der Waals surface area contributed by atoms with E-state index >= 15 is 0 Å². The Morgan fingerprint density at radius 3 is 2.19 bits per heavy atom. The zero-order valence-corrected chi connectivity index (χ0v) is 21.8. The smallest absolute Gasteiger partial charge is 0.0594 e. The van der Waals surface area contributed by atoms with Gasteiger partial charge < -0.3 is 10.2 Å². The summed E-state index contributed by atoms with van der Waals surface area (Å²) >= 11 is 0. The van der Waals surface area contributed by atoms with Gasteiger partial charge in [-0.25, -0.2) is 0 Å². The van der Waals surface area contributed by atoms with Gasteiger partial charge in [0.15, 0.2) is 0 Å². The molecule has 182 valence electrons. The highest BCUT2D eigenvalue weighted by Crippen LogP contribution is 2.77. The maximum Gasteiger partial charge on any atom is 0.0594 e. The summed E-state index contributed by atoms with van der Waals surface area (Å²) in [5.74, 6) is 3.33. The molecule has 32 heavy (non-hydrogen) atoms. The first-order valence-electron chi connectivity index (χ1n) is 13.8. The molecule has 0 heterocycles. The van der Waals surface area contributed by atoms with E-state index in [0.29, 0.717) is 40.6 Å². The van der Waals surface area contributed by atoms with Crippen molar-refractivity contribution in [3.05, 3.63) is 12.2 Å². The van der Waals surface area contributed by atoms with Crippen molar-refractivity contribution in [2.75, 3.05) is 6.61 Å². The van der Waals surface area contributed by atoms with Crippen molar-refractivity contribution < 1.29 is 10.2 Å². The first-order valence-corrected chi connectivity index (χ1v) is 13.8. The van der Waals surface area contributed by atoms with Gasteiger partial charge in [0.1, 0.15) is 0 Å². The monoisotopic (exact) mass is 442 g/mol. The summed E-state index contributed by atoms with van der Waals surface area (Å²) in [6, 6.07) is 0. The third kappa shape index (κ3) is 2.66. The van der Waals surface area contributed by atoms with Crippen LogP contribution < -0.4 is 0 Å². The first-order chi connectivity index (χ1) is 14.9.